The second-order valence-electron chi connectivity index (χ2n) is 11.3. The molecule has 5 aromatic rings. The molecule has 234 valence electrons. The van der Waals surface area contributed by atoms with Gasteiger partial charge in [-0.2, -0.15) is 0 Å². The molecule has 5 rings (SSSR count). The average molecular weight is 635 g/mol. The number of aryl methyl sites for hydroxylation is 2. The van der Waals surface area contributed by atoms with Gasteiger partial charge in [-0.05, 0) is 88.6 Å². The number of aromatic nitrogens is 2. The predicted molar refractivity (Wildman–Crippen MR) is 178 cm³/mol. The van der Waals surface area contributed by atoms with Crippen molar-refractivity contribution in [1.29, 1.82) is 0 Å². The van der Waals surface area contributed by atoms with Gasteiger partial charge in [0.15, 0.2) is 0 Å². The van der Waals surface area contributed by atoms with E-state index >= 15 is 0 Å². The second-order valence-corrected chi connectivity index (χ2v) is 14.9. The molecule has 2 aromatic heterocycles. The predicted octanol–water partition coefficient (Wildman–Crippen LogP) is 6.37. The highest BCUT2D eigenvalue weighted by molar-refractivity contribution is 7.90. The van der Waals surface area contributed by atoms with Crippen molar-refractivity contribution in [3.05, 3.63) is 95.3 Å². The van der Waals surface area contributed by atoms with Gasteiger partial charge >= 0.3 is 0 Å². The summed E-state index contributed by atoms with van der Waals surface area (Å²) in [4.78, 5) is 4.70. The first-order chi connectivity index (χ1) is 20.9. The summed E-state index contributed by atoms with van der Waals surface area (Å²) in [7, 11) is -8.01. The lowest BCUT2D eigenvalue weighted by Crippen LogP contribution is -2.26. The van der Waals surface area contributed by atoms with Crippen molar-refractivity contribution in [3.63, 3.8) is 0 Å². The highest BCUT2D eigenvalue weighted by Gasteiger charge is 2.28. The molecule has 0 spiro atoms. The third-order valence-electron chi connectivity index (χ3n) is 8.46. The summed E-state index contributed by atoms with van der Waals surface area (Å²) in [6, 6.07) is 21.2. The average Bonchev–Trinajstić information content (AvgIpc) is 3.54. The highest BCUT2D eigenvalue weighted by Crippen LogP contribution is 2.34. The smallest absolute Gasteiger partial charge is 0.268 e. The first-order valence-electron chi connectivity index (χ1n) is 15.2. The SMILES string of the molecule is CCN(CC)Cc1cc2cc3cc(CN(CC)CC)n(S(=O)(=O)c4ccc(C)cc4)c3cc2n1S(=O)(=O)c1ccc(C)cc1. The zero-order valence-corrected chi connectivity index (χ0v) is 28.0. The van der Waals surface area contributed by atoms with Crippen molar-refractivity contribution in [3.8, 4) is 0 Å². The summed E-state index contributed by atoms with van der Waals surface area (Å²) in [5, 5.41) is 1.49. The molecule has 0 unspecified atom stereocenters. The summed E-state index contributed by atoms with van der Waals surface area (Å²) in [5.41, 5.74) is 4.10. The largest absolute Gasteiger partial charge is 0.298 e. The van der Waals surface area contributed by atoms with Gasteiger partial charge in [-0.25, -0.2) is 24.8 Å². The van der Waals surface area contributed by atoms with Crippen LogP contribution in [-0.4, -0.2) is 60.8 Å². The van der Waals surface area contributed by atoms with Gasteiger partial charge in [-0.1, -0.05) is 63.1 Å². The Hall–Kier alpha value is -3.44. The fourth-order valence-electron chi connectivity index (χ4n) is 5.75. The summed E-state index contributed by atoms with van der Waals surface area (Å²) in [6.07, 6.45) is 0. The Morgan fingerprint density at radius 2 is 0.864 bits per heavy atom. The van der Waals surface area contributed by atoms with Crippen LogP contribution in [0.3, 0.4) is 0 Å². The Kier molecular flexibility index (Phi) is 9.09. The van der Waals surface area contributed by atoms with Crippen LogP contribution in [0.4, 0.5) is 0 Å². The normalized spacial score (nSPS) is 12.7. The molecule has 0 fully saturated rings. The van der Waals surface area contributed by atoms with Crippen molar-refractivity contribution >= 4 is 41.9 Å². The molecule has 0 atom stereocenters. The quantitative estimate of drug-likeness (QED) is 0.159. The Morgan fingerprint density at radius 1 is 0.523 bits per heavy atom. The minimum Gasteiger partial charge on any atom is -0.298 e. The van der Waals surface area contributed by atoms with E-state index in [4.69, 9.17) is 0 Å². The monoisotopic (exact) mass is 634 g/mol. The topological polar surface area (TPSA) is 84.6 Å². The maximum atomic E-state index is 14.3. The van der Waals surface area contributed by atoms with E-state index in [1.54, 1.807) is 54.6 Å². The number of nitrogens with zero attached hydrogens (tertiary/aromatic N) is 4. The third-order valence-corrected chi connectivity index (χ3v) is 12.0. The minimum atomic E-state index is -4.00. The molecule has 0 amide bonds. The molecule has 0 aliphatic carbocycles. The Labute approximate surface area is 261 Å². The standard InChI is InChI=1S/C34H42N4O4S2/c1-7-35(8-2)23-29-20-27-19-28-21-30(24-36(9-3)10-4)38(44(41,42)32-17-13-26(6)14-18-32)34(28)22-33(27)37(29)43(39,40)31-15-11-25(5)12-16-31/h11-22H,7-10,23-24H2,1-6H3. The van der Waals surface area contributed by atoms with E-state index < -0.39 is 20.0 Å². The molecule has 0 saturated heterocycles. The van der Waals surface area contributed by atoms with E-state index in [2.05, 4.69) is 37.5 Å². The van der Waals surface area contributed by atoms with Crippen molar-refractivity contribution in [2.75, 3.05) is 26.2 Å². The van der Waals surface area contributed by atoms with Gasteiger partial charge in [0.05, 0.1) is 20.8 Å². The summed E-state index contributed by atoms with van der Waals surface area (Å²) in [5.74, 6) is 0. The number of rotatable bonds is 12. The van der Waals surface area contributed by atoms with Gasteiger partial charge in [0.1, 0.15) is 0 Å². The van der Waals surface area contributed by atoms with Crippen LogP contribution in [0.2, 0.25) is 0 Å². The lowest BCUT2D eigenvalue weighted by atomic mass is 10.2. The number of hydrogen-bond acceptors (Lipinski definition) is 6. The van der Waals surface area contributed by atoms with Crippen LogP contribution in [0, 0.1) is 13.8 Å². The Balaban J connectivity index is 1.84. The molecule has 0 N–H and O–H groups in total. The van der Waals surface area contributed by atoms with E-state index in [9.17, 15) is 16.8 Å². The van der Waals surface area contributed by atoms with Gasteiger partial charge in [0, 0.05) is 35.2 Å². The lowest BCUT2D eigenvalue weighted by Gasteiger charge is -2.20. The highest BCUT2D eigenvalue weighted by atomic mass is 32.2. The number of hydrogen-bond donors (Lipinski definition) is 0. The van der Waals surface area contributed by atoms with E-state index in [0.717, 1.165) is 48.1 Å². The van der Waals surface area contributed by atoms with Crippen LogP contribution < -0.4 is 0 Å². The first-order valence-corrected chi connectivity index (χ1v) is 18.1. The fourth-order valence-corrected chi connectivity index (χ4v) is 8.81. The molecule has 10 heteroatoms. The van der Waals surface area contributed by atoms with E-state index in [-0.39, 0.29) is 9.79 Å². The van der Waals surface area contributed by atoms with Crippen LogP contribution >= 0.6 is 0 Å². The zero-order chi connectivity index (χ0) is 31.8. The second kappa shape index (κ2) is 12.5. The maximum Gasteiger partial charge on any atom is 0.268 e. The van der Waals surface area contributed by atoms with Gasteiger partial charge in [0.2, 0.25) is 0 Å². The fraction of sp³-hybridized carbons (Fsp3) is 0.353. The van der Waals surface area contributed by atoms with Crippen LogP contribution in [0.15, 0.2) is 82.6 Å². The van der Waals surface area contributed by atoms with Crippen LogP contribution in [-0.2, 0) is 33.1 Å². The lowest BCUT2D eigenvalue weighted by molar-refractivity contribution is 0.291. The molecule has 0 saturated carbocycles. The molecular formula is C34H42N4O4S2. The van der Waals surface area contributed by atoms with Crippen molar-refractivity contribution < 1.29 is 16.8 Å². The summed E-state index contributed by atoms with van der Waals surface area (Å²) >= 11 is 0. The molecule has 0 radical (unpaired) electrons. The molecule has 44 heavy (non-hydrogen) atoms. The summed E-state index contributed by atoms with van der Waals surface area (Å²) in [6.45, 7) is 16.0. The number of benzene rings is 3. The molecule has 0 aliphatic heterocycles. The van der Waals surface area contributed by atoms with Crippen LogP contribution in [0.25, 0.3) is 21.8 Å². The van der Waals surface area contributed by atoms with Crippen LogP contribution in [0.5, 0.6) is 0 Å². The first kappa shape index (κ1) is 32.0. The molecule has 0 aliphatic rings. The molecule has 8 nitrogen and oxygen atoms in total. The zero-order valence-electron chi connectivity index (χ0n) is 26.4. The van der Waals surface area contributed by atoms with E-state index in [1.165, 1.54) is 7.94 Å². The van der Waals surface area contributed by atoms with E-state index in [1.807, 2.05) is 32.0 Å². The van der Waals surface area contributed by atoms with Crippen LogP contribution in [0.1, 0.15) is 50.2 Å². The van der Waals surface area contributed by atoms with Crippen molar-refractivity contribution in [1.82, 2.24) is 17.7 Å². The molecule has 0 bridgehead atoms. The Bertz CT molecular complexity index is 1860. The van der Waals surface area contributed by atoms with Crippen molar-refractivity contribution in [2.45, 2.75) is 64.4 Å². The van der Waals surface area contributed by atoms with Gasteiger partial charge < -0.3 is 0 Å². The third kappa shape index (κ3) is 5.83. The summed E-state index contributed by atoms with van der Waals surface area (Å²) < 4.78 is 60.1. The van der Waals surface area contributed by atoms with E-state index in [0.29, 0.717) is 35.5 Å². The number of fused-ring (bicyclic) bond motifs is 2. The van der Waals surface area contributed by atoms with Crippen molar-refractivity contribution in [2.24, 2.45) is 0 Å². The van der Waals surface area contributed by atoms with Gasteiger partial charge in [-0.15, -0.1) is 0 Å². The molecule has 3 aromatic carbocycles. The van der Waals surface area contributed by atoms with Gasteiger partial charge in [0.25, 0.3) is 20.0 Å². The minimum absolute atomic E-state index is 0.186. The molecule has 2 heterocycles. The molecular weight excluding hydrogens is 593 g/mol. The Morgan fingerprint density at radius 3 is 1.18 bits per heavy atom. The van der Waals surface area contributed by atoms with Gasteiger partial charge in [-0.3, -0.25) is 9.80 Å². The maximum absolute atomic E-state index is 14.3.